The predicted molar refractivity (Wildman–Crippen MR) is 51.5 cm³/mol. The Morgan fingerprint density at radius 2 is 1.55 bits per heavy atom. The van der Waals surface area contributed by atoms with Crippen molar-refractivity contribution in [1.29, 1.82) is 0 Å². The third kappa shape index (κ3) is 2.12. The van der Waals surface area contributed by atoms with E-state index in [0.29, 0.717) is 9.79 Å². The van der Waals surface area contributed by atoms with Gasteiger partial charge in [0.1, 0.15) is 5.75 Å². The van der Waals surface area contributed by atoms with Crippen molar-refractivity contribution in [2.24, 2.45) is 0 Å². The van der Waals surface area contributed by atoms with Gasteiger partial charge >= 0.3 is 0 Å². The number of phenols is 1. The Balaban J connectivity index is 3.10. The third-order valence-electron chi connectivity index (χ3n) is 1.13. The summed E-state index contributed by atoms with van der Waals surface area (Å²) in [5.74, 6) is 0.146. The van der Waals surface area contributed by atoms with E-state index in [4.69, 9.17) is 21.4 Å². The molecular formula is C6H4Cl2OS2. The van der Waals surface area contributed by atoms with Crippen LogP contribution in [0.4, 0.5) is 0 Å². The highest BCUT2D eigenvalue weighted by Crippen LogP contribution is 2.39. The second kappa shape index (κ2) is 4.36. The zero-order chi connectivity index (χ0) is 8.27. The van der Waals surface area contributed by atoms with Crippen LogP contribution >= 0.6 is 43.3 Å². The topological polar surface area (TPSA) is 20.2 Å². The van der Waals surface area contributed by atoms with Crippen LogP contribution in [-0.2, 0) is 0 Å². The van der Waals surface area contributed by atoms with E-state index in [9.17, 15) is 5.11 Å². The van der Waals surface area contributed by atoms with Gasteiger partial charge in [0, 0.05) is 0 Å². The number of hydrogen-bond acceptors (Lipinski definition) is 3. The van der Waals surface area contributed by atoms with E-state index in [2.05, 4.69) is 0 Å². The molecule has 5 heteroatoms. The molecule has 0 aliphatic rings. The fourth-order valence-corrected chi connectivity index (χ4v) is 2.06. The second-order valence-corrected chi connectivity index (χ2v) is 3.87. The molecule has 1 aromatic carbocycles. The summed E-state index contributed by atoms with van der Waals surface area (Å²) in [6, 6.07) is 5.24. The Bertz CT molecular complexity index is 232. The fourth-order valence-electron chi connectivity index (χ4n) is 0.627. The Kier molecular flexibility index (Phi) is 3.72. The maximum absolute atomic E-state index is 9.38. The molecule has 0 amide bonds. The molecule has 0 fully saturated rings. The summed E-state index contributed by atoms with van der Waals surface area (Å²) in [4.78, 5) is 1.25. The lowest BCUT2D eigenvalue weighted by Gasteiger charge is -2.01. The summed E-state index contributed by atoms with van der Waals surface area (Å²) in [5, 5.41) is 9.38. The Labute approximate surface area is 82.1 Å². The molecular weight excluding hydrogens is 223 g/mol. The first-order chi connectivity index (χ1) is 5.29. The molecule has 0 aliphatic heterocycles. The first-order valence-corrected chi connectivity index (χ1v) is 5.97. The van der Waals surface area contributed by atoms with Crippen LogP contribution in [0.2, 0.25) is 0 Å². The highest BCUT2D eigenvalue weighted by molar-refractivity contribution is 8.21. The van der Waals surface area contributed by atoms with Crippen LogP contribution < -0.4 is 0 Å². The van der Waals surface area contributed by atoms with E-state index in [1.807, 2.05) is 0 Å². The van der Waals surface area contributed by atoms with Crippen LogP contribution in [0, 0.1) is 0 Å². The molecule has 0 saturated carbocycles. The maximum Gasteiger partial charge on any atom is 0.145 e. The smallest absolute Gasteiger partial charge is 0.145 e. The lowest BCUT2D eigenvalue weighted by molar-refractivity contribution is 0.449. The SMILES string of the molecule is Oc1c(SCl)cccc1SCl. The zero-order valence-electron chi connectivity index (χ0n) is 5.25. The monoisotopic (exact) mass is 226 g/mol. The molecule has 60 valence electrons. The van der Waals surface area contributed by atoms with Gasteiger partial charge in [0.2, 0.25) is 0 Å². The molecule has 0 saturated heterocycles. The number of para-hydroxylation sites is 1. The average molecular weight is 227 g/mol. The van der Waals surface area contributed by atoms with Crippen molar-refractivity contribution in [2.45, 2.75) is 9.79 Å². The highest BCUT2D eigenvalue weighted by Gasteiger charge is 2.05. The van der Waals surface area contributed by atoms with Crippen LogP contribution in [-0.4, -0.2) is 5.11 Å². The zero-order valence-corrected chi connectivity index (χ0v) is 8.40. The number of rotatable bonds is 2. The first-order valence-electron chi connectivity index (χ1n) is 2.68. The molecule has 0 heterocycles. The van der Waals surface area contributed by atoms with E-state index in [-0.39, 0.29) is 5.75 Å². The van der Waals surface area contributed by atoms with Gasteiger partial charge in [-0.1, -0.05) is 6.07 Å². The molecule has 0 aliphatic carbocycles. The van der Waals surface area contributed by atoms with Gasteiger partial charge in [0.25, 0.3) is 0 Å². The molecule has 0 unspecified atom stereocenters. The van der Waals surface area contributed by atoms with E-state index in [0.717, 1.165) is 22.0 Å². The second-order valence-electron chi connectivity index (χ2n) is 1.76. The van der Waals surface area contributed by atoms with Gasteiger partial charge in [-0.3, -0.25) is 0 Å². The van der Waals surface area contributed by atoms with Crippen molar-refractivity contribution in [2.75, 3.05) is 0 Å². The predicted octanol–water partition coefficient (Wildman–Crippen LogP) is 3.88. The minimum atomic E-state index is 0.146. The minimum Gasteiger partial charge on any atom is -0.506 e. The number of phenolic OH excluding ortho intramolecular Hbond substituents is 1. The summed E-state index contributed by atoms with van der Waals surface area (Å²) in [7, 11) is 12.9. The summed E-state index contributed by atoms with van der Waals surface area (Å²) >= 11 is 0. The van der Waals surface area contributed by atoms with Crippen LogP contribution in [0.1, 0.15) is 0 Å². The van der Waals surface area contributed by atoms with Gasteiger partial charge < -0.3 is 5.11 Å². The van der Waals surface area contributed by atoms with Crippen molar-refractivity contribution in [3.63, 3.8) is 0 Å². The molecule has 1 rings (SSSR count). The molecule has 0 atom stereocenters. The normalized spacial score (nSPS) is 10.0. The Morgan fingerprint density at radius 3 is 1.91 bits per heavy atom. The standard InChI is InChI=1S/C6H4Cl2OS2/c7-10-4-2-1-3-5(11-8)6(4)9/h1-3,9H. The molecule has 0 aromatic heterocycles. The summed E-state index contributed by atoms with van der Waals surface area (Å²) in [5.41, 5.74) is 0. The molecule has 1 aromatic rings. The number of aromatic hydroxyl groups is 1. The van der Waals surface area contributed by atoms with Gasteiger partial charge in [-0.25, -0.2) is 0 Å². The van der Waals surface area contributed by atoms with Crippen LogP contribution in [0.15, 0.2) is 28.0 Å². The summed E-state index contributed by atoms with van der Waals surface area (Å²) in [6.45, 7) is 0. The molecule has 1 nitrogen and oxygen atoms in total. The fraction of sp³-hybridized carbons (Fsp3) is 0. The maximum atomic E-state index is 9.38. The molecule has 1 N–H and O–H groups in total. The summed E-state index contributed by atoms with van der Waals surface area (Å²) < 4.78 is 0. The average Bonchev–Trinajstić information content (AvgIpc) is 2.05. The van der Waals surface area contributed by atoms with E-state index in [1.54, 1.807) is 18.2 Å². The lowest BCUT2D eigenvalue weighted by Crippen LogP contribution is -1.73. The quantitative estimate of drug-likeness (QED) is 0.827. The molecule has 0 spiro atoms. The van der Waals surface area contributed by atoms with Crippen molar-refractivity contribution in [3.05, 3.63) is 18.2 Å². The third-order valence-corrected chi connectivity index (χ3v) is 3.12. The van der Waals surface area contributed by atoms with Crippen molar-refractivity contribution >= 4 is 43.3 Å². The van der Waals surface area contributed by atoms with E-state index in [1.165, 1.54) is 0 Å². The first kappa shape index (κ1) is 9.39. The molecule has 0 radical (unpaired) electrons. The minimum absolute atomic E-state index is 0.146. The van der Waals surface area contributed by atoms with Crippen LogP contribution in [0.25, 0.3) is 0 Å². The largest absolute Gasteiger partial charge is 0.506 e. The molecule has 0 bridgehead atoms. The van der Waals surface area contributed by atoms with Gasteiger partial charge in [-0.05, 0) is 55.4 Å². The van der Waals surface area contributed by atoms with Crippen molar-refractivity contribution < 1.29 is 5.11 Å². The van der Waals surface area contributed by atoms with Gasteiger partial charge in [-0.15, -0.1) is 0 Å². The van der Waals surface area contributed by atoms with Gasteiger partial charge in [-0.2, -0.15) is 0 Å². The number of halogens is 2. The summed E-state index contributed by atoms with van der Waals surface area (Å²) in [6.07, 6.45) is 0. The Morgan fingerprint density at radius 1 is 1.09 bits per heavy atom. The number of hydrogen-bond donors (Lipinski definition) is 1. The molecule has 11 heavy (non-hydrogen) atoms. The Hall–Kier alpha value is 0.300. The lowest BCUT2D eigenvalue weighted by atomic mass is 10.3. The van der Waals surface area contributed by atoms with E-state index < -0.39 is 0 Å². The van der Waals surface area contributed by atoms with Crippen molar-refractivity contribution in [3.8, 4) is 5.75 Å². The van der Waals surface area contributed by atoms with E-state index >= 15 is 0 Å². The van der Waals surface area contributed by atoms with Crippen molar-refractivity contribution in [1.82, 2.24) is 0 Å². The van der Waals surface area contributed by atoms with Crippen LogP contribution in [0.5, 0.6) is 5.75 Å². The van der Waals surface area contributed by atoms with Crippen LogP contribution in [0.3, 0.4) is 0 Å². The van der Waals surface area contributed by atoms with Gasteiger partial charge in [0.15, 0.2) is 0 Å². The highest BCUT2D eigenvalue weighted by atomic mass is 35.7. The van der Waals surface area contributed by atoms with Gasteiger partial charge in [0.05, 0.1) is 9.79 Å². The number of benzene rings is 1.